The molecule has 1 aromatic carbocycles. The van der Waals surface area contributed by atoms with Crippen LogP contribution in [0.2, 0.25) is 5.02 Å². The monoisotopic (exact) mass is 360 g/mol. The Hall–Kier alpha value is -1.08. The lowest BCUT2D eigenvalue weighted by molar-refractivity contribution is 1.15. The molecule has 1 heterocycles. The highest BCUT2D eigenvalue weighted by Gasteiger charge is 2.05. The van der Waals surface area contributed by atoms with Gasteiger partial charge in [-0.2, -0.15) is 4.98 Å². The summed E-state index contributed by atoms with van der Waals surface area (Å²) in [6.07, 6.45) is 1.57. The summed E-state index contributed by atoms with van der Waals surface area (Å²) in [5.41, 5.74) is 0.944. The van der Waals surface area contributed by atoms with E-state index in [2.05, 4.69) is 43.2 Å². The maximum atomic E-state index is 6.03. The average molecular weight is 361 g/mol. The van der Waals surface area contributed by atoms with Crippen LogP contribution in [0, 0.1) is 3.57 Å². The third-order valence-corrected chi connectivity index (χ3v) is 3.00. The Labute approximate surface area is 118 Å². The molecular formula is C11H10ClIN4. The average Bonchev–Trinajstić information content (AvgIpc) is 2.32. The van der Waals surface area contributed by atoms with Crippen molar-refractivity contribution in [2.75, 3.05) is 17.7 Å². The van der Waals surface area contributed by atoms with Crippen molar-refractivity contribution in [1.29, 1.82) is 0 Å². The van der Waals surface area contributed by atoms with Gasteiger partial charge in [0.2, 0.25) is 5.95 Å². The van der Waals surface area contributed by atoms with E-state index in [0.29, 0.717) is 16.8 Å². The Morgan fingerprint density at radius 2 is 2.18 bits per heavy atom. The Bertz CT molecular complexity index is 533. The minimum absolute atomic E-state index is 0.489. The highest BCUT2D eigenvalue weighted by Crippen LogP contribution is 2.24. The van der Waals surface area contributed by atoms with E-state index in [4.69, 9.17) is 11.6 Å². The van der Waals surface area contributed by atoms with Crippen LogP contribution < -0.4 is 10.6 Å². The van der Waals surface area contributed by atoms with Crippen LogP contribution in [0.5, 0.6) is 0 Å². The predicted molar refractivity (Wildman–Crippen MR) is 79.0 cm³/mol. The molecule has 2 N–H and O–H groups in total. The SMILES string of the molecule is CNc1ncc(Cl)c(Nc2cccc(I)c2)n1. The van der Waals surface area contributed by atoms with Crippen LogP contribution in [-0.2, 0) is 0 Å². The van der Waals surface area contributed by atoms with E-state index in [1.54, 1.807) is 13.2 Å². The van der Waals surface area contributed by atoms with Crippen molar-refractivity contribution in [2.24, 2.45) is 0 Å². The number of benzene rings is 1. The van der Waals surface area contributed by atoms with Gasteiger partial charge >= 0.3 is 0 Å². The molecule has 0 bridgehead atoms. The molecule has 17 heavy (non-hydrogen) atoms. The highest BCUT2D eigenvalue weighted by molar-refractivity contribution is 14.1. The zero-order chi connectivity index (χ0) is 12.3. The summed E-state index contributed by atoms with van der Waals surface area (Å²) in [6, 6.07) is 7.96. The van der Waals surface area contributed by atoms with Gasteiger partial charge in [-0.15, -0.1) is 0 Å². The lowest BCUT2D eigenvalue weighted by Gasteiger charge is -2.08. The van der Waals surface area contributed by atoms with E-state index in [0.717, 1.165) is 9.26 Å². The molecule has 1 aromatic heterocycles. The van der Waals surface area contributed by atoms with Crippen molar-refractivity contribution in [3.63, 3.8) is 0 Å². The minimum Gasteiger partial charge on any atom is -0.357 e. The van der Waals surface area contributed by atoms with Crippen molar-refractivity contribution in [3.8, 4) is 0 Å². The number of hydrogen-bond donors (Lipinski definition) is 2. The first-order valence-corrected chi connectivity index (χ1v) is 6.37. The zero-order valence-corrected chi connectivity index (χ0v) is 12.0. The molecule has 0 aliphatic rings. The molecule has 0 unspecified atom stereocenters. The highest BCUT2D eigenvalue weighted by atomic mass is 127. The molecular weight excluding hydrogens is 351 g/mol. The summed E-state index contributed by atoms with van der Waals surface area (Å²) in [4.78, 5) is 8.27. The molecule has 0 radical (unpaired) electrons. The molecule has 2 aromatic rings. The fraction of sp³-hybridized carbons (Fsp3) is 0.0909. The fourth-order valence-corrected chi connectivity index (χ4v) is 1.96. The first-order valence-electron chi connectivity index (χ1n) is 4.92. The van der Waals surface area contributed by atoms with Gasteiger partial charge in [-0.25, -0.2) is 4.98 Å². The molecule has 0 amide bonds. The van der Waals surface area contributed by atoms with Crippen molar-refractivity contribution in [3.05, 3.63) is 39.1 Å². The van der Waals surface area contributed by atoms with Crippen molar-refractivity contribution >= 4 is 51.6 Å². The van der Waals surface area contributed by atoms with Crippen LogP contribution in [0.1, 0.15) is 0 Å². The summed E-state index contributed by atoms with van der Waals surface area (Å²) in [5, 5.41) is 6.52. The number of nitrogens with one attached hydrogen (secondary N) is 2. The van der Waals surface area contributed by atoms with Gasteiger partial charge in [0.1, 0.15) is 5.02 Å². The van der Waals surface area contributed by atoms with E-state index < -0.39 is 0 Å². The lowest BCUT2D eigenvalue weighted by Crippen LogP contribution is -2.01. The minimum atomic E-state index is 0.489. The summed E-state index contributed by atoms with van der Waals surface area (Å²) in [6.45, 7) is 0. The van der Waals surface area contributed by atoms with Crippen molar-refractivity contribution in [1.82, 2.24) is 9.97 Å². The van der Waals surface area contributed by atoms with Crippen LogP contribution in [-0.4, -0.2) is 17.0 Å². The van der Waals surface area contributed by atoms with Crippen molar-refractivity contribution < 1.29 is 0 Å². The Kier molecular flexibility index (Phi) is 4.01. The Morgan fingerprint density at radius 1 is 1.35 bits per heavy atom. The second kappa shape index (κ2) is 5.50. The van der Waals surface area contributed by atoms with Gasteiger partial charge in [-0.3, -0.25) is 0 Å². The zero-order valence-electron chi connectivity index (χ0n) is 9.04. The quantitative estimate of drug-likeness (QED) is 0.822. The fourth-order valence-electron chi connectivity index (χ4n) is 1.28. The third kappa shape index (κ3) is 3.19. The topological polar surface area (TPSA) is 49.8 Å². The Balaban J connectivity index is 2.29. The van der Waals surface area contributed by atoms with E-state index in [1.807, 2.05) is 24.3 Å². The van der Waals surface area contributed by atoms with E-state index in [9.17, 15) is 0 Å². The number of nitrogens with zero attached hydrogens (tertiary/aromatic N) is 2. The second-order valence-corrected chi connectivity index (χ2v) is 4.93. The van der Waals surface area contributed by atoms with Gasteiger partial charge in [0, 0.05) is 16.3 Å². The molecule has 6 heteroatoms. The first kappa shape index (κ1) is 12.4. The summed E-state index contributed by atoms with van der Waals surface area (Å²) >= 11 is 8.28. The maximum absolute atomic E-state index is 6.03. The molecule has 0 atom stereocenters. The van der Waals surface area contributed by atoms with Gasteiger partial charge in [0.25, 0.3) is 0 Å². The van der Waals surface area contributed by atoms with Gasteiger partial charge in [-0.1, -0.05) is 17.7 Å². The number of aromatic nitrogens is 2. The molecule has 0 fully saturated rings. The molecule has 0 saturated carbocycles. The maximum Gasteiger partial charge on any atom is 0.224 e. The first-order chi connectivity index (χ1) is 8.19. The van der Waals surface area contributed by atoms with Crippen LogP contribution in [0.3, 0.4) is 0 Å². The molecule has 0 aliphatic heterocycles. The molecule has 4 nitrogen and oxygen atoms in total. The van der Waals surface area contributed by atoms with Gasteiger partial charge < -0.3 is 10.6 Å². The molecule has 88 valence electrons. The number of rotatable bonds is 3. The standard InChI is InChI=1S/C11H10ClIN4/c1-14-11-15-6-9(12)10(17-11)16-8-4-2-3-7(13)5-8/h2-6H,1H3,(H2,14,15,16,17). The van der Waals surface area contributed by atoms with Gasteiger partial charge in [0.05, 0.1) is 6.20 Å². The van der Waals surface area contributed by atoms with Crippen LogP contribution in [0.25, 0.3) is 0 Å². The van der Waals surface area contributed by atoms with E-state index in [1.165, 1.54) is 0 Å². The van der Waals surface area contributed by atoms with Crippen LogP contribution in [0.4, 0.5) is 17.5 Å². The van der Waals surface area contributed by atoms with E-state index in [-0.39, 0.29) is 0 Å². The predicted octanol–water partition coefficient (Wildman–Crippen LogP) is 3.52. The lowest BCUT2D eigenvalue weighted by atomic mass is 10.3. The normalized spacial score (nSPS) is 10.1. The van der Waals surface area contributed by atoms with Crippen molar-refractivity contribution in [2.45, 2.75) is 0 Å². The van der Waals surface area contributed by atoms with E-state index >= 15 is 0 Å². The largest absolute Gasteiger partial charge is 0.357 e. The second-order valence-electron chi connectivity index (χ2n) is 3.28. The Morgan fingerprint density at radius 3 is 2.88 bits per heavy atom. The van der Waals surface area contributed by atoms with Gasteiger partial charge in [0.15, 0.2) is 5.82 Å². The van der Waals surface area contributed by atoms with Gasteiger partial charge in [-0.05, 0) is 40.8 Å². The molecule has 0 spiro atoms. The molecule has 0 saturated heterocycles. The number of hydrogen-bond acceptors (Lipinski definition) is 4. The summed E-state index contributed by atoms with van der Waals surface area (Å²) in [5.74, 6) is 1.12. The molecule has 0 aliphatic carbocycles. The number of anilines is 3. The summed E-state index contributed by atoms with van der Waals surface area (Å²) in [7, 11) is 1.76. The summed E-state index contributed by atoms with van der Waals surface area (Å²) < 4.78 is 1.15. The van der Waals surface area contributed by atoms with Crippen LogP contribution in [0.15, 0.2) is 30.5 Å². The smallest absolute Gasteiger partial charge is 0.224 e. The number of halogens is 2. The third-order valence-electron chi connectivity index (χ3n) is 2.06. The van der Waals surface area contributed by atoms with Crippen LogP contribution >= 0.6 is 34.2 Å². The molecule has 2 rings (SSSR count).